The molecule has 1 amide bonds. The minimum absolute atomic E-state index is 0.265. The quantitative estimate of drug-likeness (QED) is 0.703. The lowest BCUT2D eigenvalue weighted by Crippen LogP contribution is -2.24. The van der Waals surface area contributed by atoms with Gasteiger partial charge in [0.2, 0.25) is 5.91 Å². The Bertz CT molecular complexity index is 892. The molecule has 0 heterocycles. The second-order valence-electron chi connectivity index (χ2n) is 5.86. The van der Waals surface area contributed by atoms with Crippen LogP contribution in [0, 0.1) is 6.92 Å². The molecule has 2 aromatic rings. The molecule has 142 valence electrons. The number of carbonyl (C=O) groups is 2. The minimum atomic E-state index is -1.26. The second-order valence-corrected chi connectivity index (χ2v) is 6.26. The van der Waals surface area contributed by atoms with E-state index in [4.69, 9.17) is 21.1 Å². The number of aliphatic carboxylic acids is 1. The van der Waals surface area contributed by atoms with E-state index in [1.165, 1.54) is 20.1 Å². The van der Waals surface area contributed by atoms with Crippen molar-refractivity contribution in [2.45, 2.75) is 20.5 Å². The van der Waals surface area contributed by atoms with Gasteiger partial charge in [-0.2, -0.15) is 0 Å². The van der Waals surface area contributed by atoms with Gasteiger partial charge in [-0.15, -0.1) is 0 Å². The maximum atomic E-state index is 11.3. The van der Waals surface area contributed by atoms with Gasteiger partial charge < -0.3 is 19.9 Å². The first-order chi connectivity index (χ1) is 12.8. The molecule has 0 atom stereocenters. The van der Waals surface area contributed by atoms with E-state index >= 15 is 0 Å². The molecule has 0 fully saturated rings. The number of carboxylic acids is 1. The van der Waals surface area contributed by atoms with Crippen LogP contribution in [0.3, 0.4) is 0 Å². The Balaban J connectivity index is 2.30. The number of hydrogen-bond acceptors (Lipinski definition) is 4. The van der Waals surface area contributed by atoms with E-state index in [1.54, 1.807) is 12.1 Å². The molecule has 0 aliphatic carbocycles. The number of nitrogens with one attached hydrogen (secondary N) is 1. The van der Waals surface area contributed by atoms with E-state index in [0.29, 0.717) is 23.7 Å². The van der Waals surface area contributed by atoms with Gasteiger partial charge in [-0.3, -0.25) is 4.79 Å². The summed E-state index contributed by atoms with van der Waals surface area (Å²) in [6, 6.07) is 11.0. The molecule has 0 saturated heterocycles. The molecule has 0 saturated carbocycles. The van der Waals surface area contributed by atoms with Crippen LogP contribution < -0.4 is 14.8 Å². The summed E-state index contributed by atoms with van der Waals surface area (Å²) in [5.74, 6) is -1.04. The molecule has 27 heavy (non-hydrogen) atoms. The monoisotopic (exact) mass is 389 g/mol. The lowest BCUT2D eigenvalue weighted by Gasteiger charge is -2.14. The molecule has 0 spiro atoms. The molecular formula is C20H20ClNO5. The van der Waals surface area contributed by atoms with Crippen LogP contribution in [0.1, 0.15) is 23.6 Å². The molecule has 6 nitrogen and oxygen atoms in total. The van der Waals surface area contributed by atoms with Crippen LogP contribution in [0.2, 0.25) is 5.02 Å². The van der Waals surface area contributed by atoms with E-state index in [1.807, 2.05) is 31.2 Å². The van der Waals surface area contributed by atoms with Crippen LogP contribution in [0.4, 0.5) is 0 Å². The summed E-state index contributed by atoms with van der Waals surface area (Å²) in [5, 5.41) is 11.7. The third-order valence-electron chi connectivity index (χ3n) is 3.57. The van der Waals surface area contributed by atoms with Gasteiger partial charge in [0.05, 0.1) is 12.1 Å². The number of amides is 1. The Labute approximate surface area is 162 Å². The number of carbonyl (C=O) groups excluding carboxylic acids is 1. The molecule has 0 unspecified atom stereocenters. The van der Waals surface area contributed by atoms with Crippen molar-refractivity contribution in [2.24, 2.45) is 0 Å². The fourth-order valence-corrected chi connectivity index (χ4v) is 2.70. The topological polar surface area (TPSA) is 84.9 Å². The standard InChI is InChI=1S/C20H20ClNO5/c1-12-5-4-6-14(7-12)11-27-19-16(21)8-15(10-18(19)26-3)9-17(20(24)25)22-13(2)23/h4-10H,11H2,1-3H3,(H,22,23)(H,24,25)/b17-9+. The molecule has 0 aliphatic heterocycles. The molecule has 0 aromatic heterocycles. The summed E-state index contributed by atoms with van der Waals surface area (Å²) < 4.78 is 11.1. The van der Waals surface area contributed by atoms with E-state index in [2.05, 4.69) is 5.32 Å². The number of halogens is 1. The maximum Gasteiger partial charge on any atom is 0.352 e. The Kier molecular flexibility index (Phi) is 6.85. The number of aryl methyl sites for hydroxylation is 1. The number of benzene rings is 2. The van der Waals surface area contributed by atoms with E-state index in [-0.39, 0.29) is 10.7 Å². The summed E-state index contributed by atoms with van der Waals surface area (Å²) in [6.45, 7) is 3.53. The highest BCUT2D eigenvalue weighted by atomic mass is 35.5. The van der Waals surface area contributed by atoms with Crippen LogP contribution in [0.5, 0.6) is 11.5 Å². The van der Waals surface area contributed by atoms with Crippen molar-refractivity contribution in [1.82, 2.24) is 5.32 Å². The van der Waals surface area contributed by atoms with Crippen molar-refractivity contribution in [1.29, 1.82) is 0 Å². The number of rotatable bonds is 7. The Morgan fingerprint density at radius 2 is 2.00 bits per heavy atom. The Hall–Kier alpha value is -2.99. The van der Waals surface area contributed by atoms with Gasteiger partial charge in [0.25, 0.3) is 0 Å². The average Bonchev–Trinajstić information content (AvgIpc) is 2.59. The molecule has 2 rings (SSSR count). The molecule has 2 N–H and O–H groups in total. The van der Waals surface area contributed by atoms with Gasteiger partial charge in [-0.1, -0.05) is 41.4 Å². The third kappa shape index (κ3) is 5.76. The predicted octanol–water partition coefficient (Wildman–Crippen LogP) is 3.80. The van der Waals surface area contributed by atoms with E-state index < -0.39 is 11.9 Å². The van der Waals surface area contributed by atoms with Gasteiger partial charge in [-0.25, -0.2) is 4.79 Å². The average molecular weight is 390 g/mol. The van der Waals surface area contributed by atoms with Gasteiger partial charge in [0.15, 0.2) is 11.5 Å². The normalized spacial score (nSPS) is 11.0. The lowest BCUT2D eigenvalue weighted by molar-refractivity contribution is -0.134. The number of hydrogen-bond donors (Lipinski definition) is 2. The zero-order chi connectivity index (χ0) is 20.0. The van der Waals surface area contributed by atoms with Crippen molar-refractivity contribution in [3.8, 4) is 11.5 Å². The highest BCUT2D eigenvalue weighted by Gasteiger charge is 2.14. The zero-order valence-corrected chi connectivity index (χ0v) is 16.0. The van der Waals surface area contributed by atoms with Crippen LogP contribution in [-0.2, 0) is 16.2 Å². The summed E-state index contributed by atoms with van der Waals surface area (Å²) in [6.07, 6.45) is 1.29. The van der Waals surface area contributed by atoms with Crippen molar-refractivity contribution in [2.75, 3.05) is 7.11 Å². The van der Waals surface area contributed by atoms with Gasteiger partial charge in [0, 0.05) is 6.92 Å². The number of ether oxygens (including phenoxy) is 2. The predicted molar refractivity (Wildman–Crippen MR) is 103 cm³/mol. The van der Waals surface area contributed by atoms with Crippen molar-refractivity contribution < 1.29 is 24.2 Å². The first-order valence-electron chi connectivity index (χ1n) is 8.08. The summed E-state index contributed by atoms with van der Waals surface area (Å²) in [4.78, 5) is 22.4. The SMILES string of the molecule is COc1cc(/C=C(/NC(C)=O)C(=O)O)cc(Cl)c1OCc1cccc(C)c1. The third-order valence-corrected chi connectivity index (χ3v) is 3.85. The minimum Gasteiger partial charge on any atom is -0.493 e. The fourth-order valence-electron chi connectivity index (χ4n) is 2.43. The van der Waals surface area contributed by atoms with E-state index in [0.717, 1.165) is 11.1 Å². The summed E-state index contributed by atoms with van der Waals surface area (Å²) >= 11 is 6.31. The largest absolute Gasteiger partial charge is 0.493 e. The lowest BCUT2D eigenvalue weighted by atomic mass is 10.1. The van der Waals surface area contributed by atoms with Gasteiger partial charge in [0.1, 0.15) is 12.3 Å². The van der Waals surface area contributed by atoms with Crippen molar-refractivity contribution >= 4 is 29.6 Å². The highest BCUT2D eigenvalue weighted by Crippen LogP contribution is 2.37. The summed E-state index contributed by atoms with van der Waals surface area (Å²) in [7, 11) is 1.46. The van der Waals surface area contributed by atoms with Crippen LogP contribution >= 0.6 is 11.6 Å². The molecule has 0 bridgehead atoms. The first-order valence-corrected chi connectivity index (χ1v) is 8.46. The number of carboxylic acid groups (broad SMARTS) is 1. The van der Waals surface area contributed by atoms with Gasteiger partial charge >= 0.3 is 5.97 Å². The molecule has 7 heteroatoms. The second kappa shape index (κ2) is 9.09. The summed E-state index contributed by atoms with van der Waals surface area (Å²) in [5.41, 5.74) is 2.28. The van der Waals surface area contributed by atoms with Gasteiger partial charge in [-0.05, 0) is 36.3 Å². The molecule has 0 radical (unpaired) electrons. The molecule has 0 aliphatic rings. The van der Waals surface area contributed by atoms with Crippen molar-refractivity contribution in [3.05, 3.63) is 63.8 Å². The Morgan fingerprint density at radius 1 is 1.26 bits per heavy atom. The zero-order valence-electron chi connectivity index (χ0n) is 15.2. The molecule has 2 aromatic carbocycles. The number of methoxy groups -OCH3 is 1. The fraction of sp³-hybridized carbons (Fsp3) is 0.200. The molecular weight excluding hydrogens is 370 g/mol. The van der Waals surface area contributed by atoms with Crippen LogP contribution in [0.25, 0.3) is 6.08 Å². The highest BCUT2D eigenvalue weighted by molar-refractivity contribution is 6.32. The Morgan fingerprint density at radius 3 is 2.59 bits per heavy atom. The van der Waals surface area contributed by atoms with Crippen LogP contribution in [0.15, 0.2) is 42.1 Å². The maximum absolute atomic E-state index is 11.3. The van der Waals surface area contributed by atoms with Crippen LogP contribution in [-0.4, -0.2) is 24.1 Å². The van der Waals surface area contributed by atoms with E-state index in [9.17, 15) is 14.7 Å². The first kappa shape index (κ1) is 20.3. The van der Waals surface area contributed by atoms with Crippen molar-refractivity contribution in [3.63, 3.8) is 0 Å². The smallest absolute Gasteiger partial charge is 0.352 e.